The number of aromatic carboxylic acids is 1. The minimum Gasteiger partial charge on any atom is -0.478 e. The number of nitrogens with one attached hydrogen (secondary N) is 1. The minimum absolute atomic E-state index is 0.149. The third-order valence-electron chi connectivity index (χ3n) is 2.16. The number of hydrogen-bond donors (Lipinski definition) is 2. The molecular formula is C12H13NO3. The predicted octanol–water partition coefficient (Wildman–Crippen LogP) is 2.29. The second kappa shape index (κ2) is 5.11. The predicted molar refractivity (Wildman–Crippen MR) is 61.5 cm³/mol. The molecular weight excluding hydrogens is 206 g/mol. The van der Waals surface area contributed by atoms with E-state index >= 15 is 0 Å². The van der Waals surface area contributed by atoms with Crippen molar-refractivity contribution in [3.8, 4) is 0 Å². The van der Waals surface area contributed by atoms with Crippen LogP contribution in [0, 0.1) is 0 Å². The number of carboxylic acid groups (broad SMARTS) is 1. The van der Waals surface area contributed by atoms with Crippen LogP contribution in [0.4, 0.5) is 5.69 Å². The number of carbonyl (C=O) groups excluding carboxylic acids is 1. The molecule has 0 aliphatic carbocycles. The van der Waals surface area contributed by atoms with Gasteiger partial charge in [-0.3, -0.25) is 4.79 Å². The zero-order valence-electron chi connectivity index (χ0n) is 9.15. The molecule has 0 heterocycles. The van der Waals surface area contributed by atoms with E-state index < -0.39 is 5.97 Å². The first-order chi connectivity index (χ1) is 7.54. The summed E-state index contributed by atoms with van der Waals surface area (Å²) >= 11 is 0. The summed E-state index contributed by atoms with van der Waals surface area (Å²) in [5, 5.41) is 11.4. The van der Waals surface area contributed by atoms with Gasteiger partial charge in [0.2, 0.25) is 0 Å². The molecule has 2 N–H and O–H groups in total. The normalized spacial score (nSPS) is 11.0. The van der Waals surface area contributed by atoms with Gasteiger partial charge in [0.05, 0.1) is 5.56 Å². The maximum Gasteiger partial charge on any atom is 0.335 e. The van der Waals surface area contributed by atoms with Crippen LogP contribution in [0.15, 0.2) is 35.9 Å². The van der Waals surface area contributed by atoms with Gasteiger partial charge in [0, 0.05) is 11.3 Å². The summed E-state index contributed by atoms with van der Waals surface area (Å²) in [7, 11) is 0. The van der Waals surface area contributed by atoms with Crippen molar-refractivity contribution >= 4 is 17.6 Å². The second-order valence-electron chi connectivity index (χ2n) is 3.31. The summed E-state index contributed by atoms with van der Waals surface area (Å²) < 4.78 is 0. The van der Waals surface area contributed by atoms with Crippen LogP contribution < -0.4 is 5.32 Å². The molecule has 1 aromatic carbocycles. The standard InChI is InChI=1S/C12H13NO3/c1-3-8(2)11(14)13-10-6-4-5-9(7-10)12(15)16/h3-7H,1-2H3,(H,13,14)(H,15,16)/b8-3-. The van der Waals surface area contributed by atoms with Crippen molar-refractivity contribution in [1.82, 2.24) is 0 Å². The summed E-state index contributed by atoms with van der Waals surface area (Å²) in [5.74, 6) is -1.25. The highest BCUT2D eigenvalue weighted by Gasteiger charge is 2.06. The summed E-state index contributed by atoms with van der Waals surface area (Å²) in [6.45, 7) is 3.46. The third-order valence-corrected chi connectivity index (χ3v) is 2.16. The van der Waals surface area contributed by atoms with Crippen LogP contribution in [-0.2, 0) is 4.79 Å². The van der Waals surface area contributed by atoms with Gasteiger partial charge in [0.25, 0.3) is 5.91 Å². The molecule has 0 saturated carbocycles. The third kappa shape index (κ3) is 2.95. The molecule has 4 nitrogen and oxygen atoms in total. The van der Waals surface area contributed by atoms with Crippen LogP contribution in [0.3, 0.4) is 0 Å². The molecule has 0 atom stereocenters. The van der Waals surface area contributed by atoms with E-state index in [0.29, 0.717) is 11.3 Å². The summed E-state index contributed by atoms with van der Waals surface area (Å²) in [6.07, 6.45) is 1.69. The molecule has 0 unspecified atom stereocenters. The first-order valence-corrected chi connectivity index (χ1v) is 4.82. The zero-order chi connectivity index (χ0) is 12.1. The van der Waals surface area contributed by atoms with Crippen LogP contribution in [0.1, 0.15) is 24.2 Å². The molecule has 1 rings (SSSR count). The Hall–Kier alpha value is -2.10. The highest BCUT2D eigenvalue weighted by atomic mass is 16.4. The molecule has 0 bridgehead atoms. The Balaban J connectivity index is 2.86. The second-order valence-corrected chi connectivity index (χ2v) is 3.31. The number of allylic oxidation sites excluding steroid dienone is 1. The van der Waals surface area contributed by atoms with E-state index in [1.54, 1.807) is 32.1 Å². The van der Waals surface area contributed by atoms with Crippen LogP contribution in [0.2, 0.25) is 0 Å². The maximum atomic E-state index is 11.5. The first kappa shape index (κ1) is 12.0. The lowest BCUT2D eigenvalue weighted by Gasteiger charge is -2.05. The van der Waals surface area contributed by atoms with Gasteiger partial charge in [-0.1, -0.05) is 12.1 Å². The first-order valence-electron chi connectivity index (χ1n) is 4.82. The van der Waals surface area contributed by atoms with Gasteiger partial charge < -0.3 is 10.4 Å². The van der Waals surface area contributed by atoms with E-state index in [2.05, 4.69) is 5.32 Å². The average Bonchev–Trinajstić information content (AvgIpc) is 2.28. The van der Waals surface area contributed by atoms with Crippen LogP contribution in [0.5, 0.6) is 0 Å². The Morgan fingerprint density at radius 3 is 2.62 bits per heavy atom. The lowest BCUT2D eigenvalue weighted by atomic mass is 10.2. The molecule has 84 valence electrons. The number of rotatable bonds is 3. The van der Waals surface area contributed by atoms with Gasteiger partial charge in [-0.15, -0.1) is 0 Å². The van der Waals surface area contributed by atoms with Crippen molar-refractivity contribution in [3.05, 3.63) is 41.5 Å². The maximum absolute atomic E-state index is 11.5. The Bertz CT molecular complexity index is 449. The van der Waals surface area contributed by atoms with Gasteiger partial charge in [-0.25, -0.2) is 4.79 Å². The van der Waals surface area contributed by atoms with Gasteiger partial charge in [-0.05, 0) is 32.0 Å². The lowest BCUT2D eigenvalue weighted by Crippen LogP contribution is -2.12. The Kier molecular flexibility index (Phi) is 3.83. The summed E-state index contributed by atoms with van der Waals surface area (Å²) in [5.41, 5.74) is 1.21. The van der Waals surface area contributed by atoms with Crippen LogP contribution in [0.25, 0.3) is 0 Å². The Morgan fingerprint density at radius 2 is 2.06 bits per heavy atom. The van der Waals surface area contributed by atoms with Crippen LogP contribution >= 0.6 is 0 Å². The summed E-state index contributed by atoms with van der Waals surface area (Å²) in [6, 6.07) is 6.13. The molecule has 0 saturated heterocycles. The Morgan fingerprint density at radius 1 is 1.38 bits per heavy atom. The van der Waals surface area contributed by atoms with E-state index in [1.165, 1.54) is 12.1 Å². The molecule has 0 spiro atoms. The van der Waals surface area contributed by atoms with E-state index in [0.717, 1.165) is 0 Å². The fourth-order valence-corrected chi connectivity index (χ4v) is 1.09. The van der Waals surface area contributed by atoms with Crippen molar-refractivity contribution in [1.29, 1.82) is 0 Å². The van der Waals surface area contributed by atoms with E-state index in [-0.39, 0.29) is 11.5 Å². The van der Waals surface area contributed by atoms with E-state index in [4.69, 9.17) is 5.11 Å². The molecule has 0 aromatic heterocycles. The van der Waals surface area contributed by atoms with Crippen molar-refractivity contribution in [2.24, 2.45) is 0 Å². The minimum atomic E-state index is -1.01. The molecule has 0 fully saturated rings. The van der Waals surface area contributed by atoms with E-state index in [1.807, 2.05) is 0 Å². The van der Waals surface area contributed by atoms with Crippen LogP contribution in [-0.4, -0.2) is 17.0 Å². The molecule has 4 heteroatoms. The van der Waals surface area contributed by atoms with Crippen molar-refractivity contribution in [3.63, 3.8) is 0 Å². The average molecular weight is 219 g/mol. The largest absolute Gasteiger partial charge is 0.478 e. The Labute approximate surface area is 93.6 Å². The smallest absolute Gasteiger partial charge is 0.335 e. The number of anilines is 1. The number of carboxylic acids is 1. The quantitative estimate of drug-likeness (QED) is 0.766. The molecule has 16 heavy (non-hydrogen) atoms. The summed E-state index contributed by atoms with van der Waals surface area (Å²) in [4.78, 5) is 22.2. The fraction of sp³-hybridized carbons (Fsp3) is 0.167. The number of benzene rings is 1. The number of hydrogen-bond acceptors (Lipinski definition) is 2. The molecule has 1 amide bonds. The van der Waals surface area contributed by atoms with Gasteiger partial charge in [0.1, 0.15) is 0 Å². The van der Waals surface area contributed by atoms with Crippen molar-refractivity contribution in [2.45, 2.75) is 13.8 Å². The van der Waals surface area contributed by atoms with E-state index in [9.17, 15) is 9.59 Å². The molecule has 0 radical (unpaired) electrons. The fourth-order valence-electron chi connectivity index (χ4n) is 1.09. The lowest BCUT2D eigenvalue weighted by molar-refractivity contribution is -0.112. The topological polar surface area (TPSA) is 66.4 Å². The number of amides is 1. The molecule has 1 aromatic rings. The molecule has 0 aliphatic heterocycles. The van der Waals surface area contributed by atoms with Crippen molar-refractivity contribution < 1.29 is 14.7 Å². The highest BCUT2D eigenvalue weighted by Crippen LogP contribution is 2.11. The van der Waals surface area contributed by atoms with Crippen molar-refractivity contribution in [2.75, 3.05) is 5.32 Å². The molecule has 0 aliphatic rings. The van der Waals surface area contributed by atoms with Gasteiger partial charge in [-0.2, -0.15) is 0 Å². The number of carbonyl (C=O) groups is 2. The monoisotopic (exact) mass is 219 g/mol. The van der Waals surface area contributed by atoms with Gasteiger partial charge in [0.15, 0.2) is 0 Å². The SMILES string of the molecule is C/C=C(/C)C(=O)Nc1cccc(C(=O)O)c1. The highest BCUT2D eigenvalue weighted by molar-refractivity contribution is 6.03. The zero-order valence-corrected chi connectivity index (χ0v) is 9.15. The van der Waals surface area contributed by atoms with Gasteiger partial charge >= 0.3 is 5.97 Å².